The van der Waals surface area contributed by atoms with Crippen molar-refractivity contribution in [2.24, 2.45) is 0 Å². The van der Waals surface area contributed by atoms with Crippen LogP contribution < -0.4 is 5.32 Å². The van der Waals surface area contributed by atoms with E-state index in [1.54, 1.807) is 12.3 Å². The number of carbonyl (C=O) groups is 2. The van der Waals surface area contributed by atoms with Gasteiger partial charge in [0.2, 0.25) is 0 Å². The maximum atomic E-state index is 12.2. The second-order valence-corrected chi connectivity index (χ2v) is 6.65. The first kappa shape index (κ1) is 19.8. The molecule has 8 heteroatoms. The van der Waals surface area contributed by atoms with Gasteiger partial charge >= 0.3 is 5.97 Å². The number of benzene rings is 1. The molecule has 1 atom stereocenters. The van der Waals surface area contributed by atoms with Gasteiger partial charge in [-0.25, -0.2) is 9.78 Å². The van der Waals surface area contributed by atoms with Crippen molar-refractivity contribution >= 4 is 57.9 Å². The van der Waals surface area contributed by atoms with E-state index in [-0.39, 0.29) is 10.8 Å². The van der Waals surface area contributed by atoms with Crippen LogP contribution in [0.1, 0.15) is 12.5 Å². The first-order valence-electron chi connectivity index (χ1n) is 8.28. The SMILES string of the molecule is C[C@@H](OC(=O)/C=C/c1cccc2cccnc12)C(=O)Nc1ncc(Cl)cc1Cl. The third-order valence-electron chi connectivity index (χ3n) is 3.77. The molecule has 0 saturated carbocycles. The zero-order valence-electron chi connectivity index (χ0n) is 14.7. The van der Waals surface area contributed by atoms with Crippen LogP contribution in [0.4, 0.5) is 5.82 Å². The molecule has 1 amide bonds. The molecule has 0 saturated heterocycles. The van der Waals surface area contributed by atoms with E-state index < -0.39 is 18.0 Å². The van der Waals surface area contributed by atoms with Crippen molar-refractivity contribution < 1.29 is 14.3 Å². The van der Waals surface area contributed by atoms with Crippen LogP contribution in [0, 0.1) is 0 Å². The topological polar surface area (TPSA) is 81.2 Å². The molecule has 0 fully saturated rings. The van der Waals surface area contributed by atoms with Crippen LogP contribution in [0.3, 0.4) is 0 Å². The van der Waals surface area contributed by atoms with E-state index in [1.165, 1.54) is 25.3 Å². The Hall–Kier alpha value is -2.96. The second kappa shape index (κ2) is 8.82. The summed E-state index contributed by atoms with van der Waals surface area (Å²) in [5.41, 5.74) is 1.53. The summed E-state index contributed by atoms with van der Waals surface area (Å²) < 4.78 is 5.13. The first-order chi connectivity index (χ1) is 13.4. The van der Waals surface area contributed by atoms with Crippen molar-refractivity contribution in [3.05, 3.63) is 70.5 Å². The fourth-order valence-electron chi connectivity index (χ4n) is 2.41. The van der Waals surface area contributed by atoms with E-state index in [1.807, 2.05) is 30.3 Å². The van der Waals surface area contributed by atoms with Gasteiger partial charge in [-0.05, 0) is 25.1 Å². The molecular weight excluding hydrogens is 401 g/mol. The Labute approximate surface area is 171 Å². The molecule has 0 aliphatic rings. The van der Waals surface area contributed by atoms with Gasteiger partial charge in [-0.1, -0.05) is 47.5 Å². The zero-order chi connectivity index (χ0) is 20.1. The van der Waals surface area contributed by atoms with Crippen LogP contribution in [-0.4, -0.2) is 27.9 Å². The van der Waals surface area contributed by atoms with E-state index >= 15 is 0 Å². The van der Waals surface area contributed by atoms with Gasteiger partial charge < -0.3 is 10.1 Å². The fraction of sp³-hybridized carbons (Fsp3) is 0.100. The number of carbonyl (C=O) groups excluding carboxylic acids is 2. The predicted molar refractivity (Wildman–Crippen MR) is 109 cm³/mol. The Balaban J connectivity index is 1.63. The number of ether oxygens (including phenoxy) is 1. The number of halogens is 2. The normalized spacial score (nSPS) is 12.1. The highest BCUT2D eigenvalue weighted by Crippen LogP contribution is 2.22. The lowest BCUT2D eigenvalue weighted by Crippen LogP contribution is -2.29. The van der Waals surface area contributed by atoms with Gasteiger partial charge in [-0.3, -0.25) is 9.78 Å². The lowest BCUT2D eigenvalue weighted by Gasteiger charge is -2.12. The number of hydrogen-bond acceptors (Lipinski definition) is 5. The highest BCUT2D eigenvalue weighted by Gasteiger charge is 2.18. The standard InChI is InChI=1S/C20H15Cl2N3O3/c1-12(20(27)25-19-16(22)10-15(21)11-24-19)28-17(26)8-7-14-5-2-4-13-6-3-9-23-18(13)14/h2-12H,1H3,(H,24,25,27)/b8-7+/t12-/m1/s1. The van der Waals surface area contributed by atoms with Gasteiger partial charge in [-0.2, -0.15) is 0 Å². The molecule has 2 aromatic heterocycles. The third kappa shape index (κ3) is 4.85. The molecule has 0 aliphatic heterocycles. The quantitative estimate of drug-likeness (QED) is 0.489. The molecule has 0 spiro atoms. The molecule has 3 aromatic rings. The summed E-state index contributed by atoms with van der Waals surface area (Å²) >= 11 is 11.7. The Kier molecular flexibility index (Phi) is 6.23. The molecular formula is C20H15Cl2N3O3. The lowest BCUT2D eigenvalue weighted by molar-refractivity contribution is -0.148. The van der Waals surface area contributed by atoms with Crippen molar-refractivity contribution in [3.63, 3.8) is 0 Å². The molecule has 2 heterocycles. The number of aromatic nitrogens is 2. The number of hydrogen-bond donors (Lipinski definition) is 1. The third-order valence-corrected chi connectivity index (χ3v) is 4.27. The van der Waals surface area contributed by atoms with Gasteiger partial charge in [0.25, 0.3) is 5.91 Å². The lowest BCUT2D eigenvalue weighted by atomic mass is 10.1. The highest BCUT2D eigenvalue weighted by atomic mass is 35.5. The van der Waals surface area contributed by atoms with Crippen molar-refractivity contribution in [3.8, 4) is 0 Å². The summed E-state index contributed by atoms with van der Waals surface area (Å²) in [6, 6.07) is 10.9. The van der Waals surface area contributed by atoms with Gasteiger partial charge in [0.15, 0.2) is 11.9 Å². The molecule has 28 heavy (non-hydrogen) atoms. The van der Waals surface area contributed by atoms with E-state index in [0.717, 1.165) is 16.5 Å². The van der Waals surface area contributed by atoms with Crippen molar-refractivity contribution in [1.29, 1.82) is 0 Å². The summed E-state index contributed by atoms with van der Waals surface area (Å²) in [5.74, 6) is -1.09. The van der Waals surface area contributed by atoms with Crippen LogP contribution in [0.25, 0.3) is 17.0 Å². The summed E-state index contributed by atoms with van der Waals surface area (Å²) in [6.45, 7) is 1.45. The largest absolute Gasteiger partial charge is 0.449 e. The van der Waals surface area contributed by atoms with E-state index in [4.69, 9.17) is 27.9 Å². The number of anilines is 1. The molecule has 6 nitrogen and oxygen atoms in total. The molecule has 0 unspecified atom stereocenters. The molecule has 3 rings (SSSR count). The molecule has 142 valence electrons. The fourth-order valence-corrected chi connectivity index (χ4v) is 2.84. The minimum Gasteiger partial charge on any atom is -0.449 e. The highest BCUT2D eigenvalue weighted by molar-refractivity contribution is 6.36. The average molecular weight is 416 g/mol. The predicted octanol–water partition coefficient (Wildman–Crippen LogP) is 4.52. The summed E-state index contributed by atoms with van der Waals surface area (Å²) in [6.07, 6.45) is 4.83. The van der Waals surface area contributed by atoms with Crippen LogP contribution >= 0.6 is 23.2 Å². The van der Waals surface area contributed by atoms with Gasteiger partial charge in [0.1, 0.15) is 0 Å². The molecule has 1 N–H and O–H groups in total. The monoisotopic (exact) mass is 415 g/mol. The Bertz CT molecular complexity index is 1060. The summed E-state index contributed by atoms with van der Waals surface area (Å²) in [4.78, 5) is 32.5. The van der Waals surface area contributed by atoms with Crippen LogP contribution in [-0.2, 0) is 14.3 Å². The zero-order valence-corrected chi connectivity index (χ0v) is 16.2. The minimum atomic E-state index is -1.05. The van der Waals surface area contributed by atoms with E-state index in [0.29, 0.717) is 5.02 Å². The summed E-state index contributed by atoms with van der Waals surface area (Å²) in [5, 5.41) is 3.97. The second-order valence-electron chi connectivity index (χ2n) is 5.81. The van der Waals surface area contributed by atoms with Crippen molar-refractivity contribution in [2.45, 2.75) is 13.0 Å². The number of nitrogens with zero attached hydrogens (tertiary/aromatic N) is 2. The van der Waals surface area contributed by atoms with Crippen molar-refractivity contribution in [1.82, 2.24) is 9.97 Å². The number of nitrogens with one attached hydrogen (secondary N) is 1. The number of para-hydroxylation sites is 1. The maximum Gasteiger partial charge on any atom is 0.331 e. The van der Waals surface area contributed by atoms with Gasteiger partial charge in [-0.15, -0.1) is 0 Å². The van der Waals surface area contributed by atoms with E-state index in [9.17, 15) is 9.59 Å². The average Bonchev–Trinajstić information content (AvgIpc) is 2.68. The van der Waals surface area contributed by atoms with Gasteiger partial charge in [0, 0.05) is 29.4 Å². The minimum absolute atomic E-state index is 0.135. The molecule has 0 bridgehead atoms. The van der Waals surface area contributed by atoms with Crippen molar-refractivity contribution in [2.75, 3.05) is 5.32 Å². The maximum absolute atomic E-state index is 12.2. The smallest absolute Gasteiger partial charge is 0.331 e. The number of pyridine rings is 2. The molecule has 0 radical (unpaired) electrons. The number of amides is 1. The van der Waals surface area contributed by atoms with Gasteiger partial charge in [0.05, 0.1) is 15.6 Å². The molecule has 0 aliphatic carbocycles. The number of rotatable bonds is 5. The Morgan fingerprint density at radius 2 is 1.96 bits per heavy atom. The Morgan fingerprint density at radius 3 is 2.75 bits per heavy atom. The van der Waals surface area contributed by atoms with Crippen LogP contribution in [0.5, 0.6) is 0 Å². The number of fused-ring (bicyclic) bond motifs is 1. The summed E-state index contributed by atoms with van der Waals surface area (Å²) in [7, 11) is 0. The van der Waals surface area contributed by atoms with Crippen LogP contribution in [0.15, 0.2) is 54.9 Å². The van der Waals surface area contributed by atoms with Crippen LogP contribution in [0.2, 0.25) is 10.0 Å². The Morgan fingerprint density at radius 1 is 1.18 bits per heavy atom. The van der Waals surface area contributed by atoms with E-state index in [2.05, 4.69) is 15.3 Å². The first-order valence-corrected chi connectivity index (χ1v) is 9.04. The number of esters is 1. The molecule has 1 aromatic carbocycles.